The fourth-order valence-electron chi connectivity index (χ4n) is 3.44. The zero-order valence-electron chi connectivity index (χ0n) is 16.3. The number of rotatable bonds is 8. The third-order valence-electron chi connectivity index (χ3n) is 4.89. The van der Waals surface area contributed by atoms with E-state index in [4.69, 9.17) is 9.73 Å². The van der Waals surface area contributed by atoms with Crippen LogP contribution in [-0.4, -0.2) is 43.6 Å². The molecule has 144 valence electrons. The van der Waals surface area contributed by atoms with Crippen LogP contribution >= 0.6 is 0 Å². The van der Waals surface area contributed by atoms with Crippen LogP contribution in [-0.2, 0) is 17.8 Å². The third kappa shape index (κ3) is 6.40. The van der Waals surface area contributed by atoms with E-state index in [9.17, 15) is 0 Å². The molecule has 1 saturated heterocycles. The number of ether oxygens (including phenoxy) is 1. The van der Waals surface area contributed by atoms with Gasteiger partial charge in [0, 0.05) is 32.1 Å². The van der Waals surface area contributed by atoms with Crippen LogP contribution in [0.3, 0.4) is 0 Å². The smallest absolute Gasteiger partial charge is 0.193 e. The minimum atomic E-state index is 0.576. The van der Waals surface area contributed by atoms with Crippen molar-refractivity contribution in [2.75, 3.05) is 32.8 Å². The summed E-state index contributed by atoms with van der Waals surface area (Å²) in [5, 5.41) is 3.45. The number of likely N-dealkylation sites (tertiary alicyclic amines) is 1. The summed E-state index contributed by atoms with van der Waals surface area (Å²) in [5.41, 5.74) is 2.58. The summed E-state index contributed by atoms with van der Waals surface area (Å²) < 4.78 is 5.94. The molecule has 1 atom stereocenters. The van der Waals surface area contributed by atoms with Crippen LogP contribution in [0.25, 0.3) is 0 Å². The summed E-state index contributed by atoms with van der Waals surface area (Å²) in [6.07, 6.45) is 2.14. The van der Waals surface area contributed by atoms with E-state index in [0.29, 0.717) is 12.5 Å². The van der Waals surface area contributed by atoms with Gasteiger partial charge in [-0.15, -0.1) is 0 Å². The average Bonchev–Trinajstić information content (AvgIpc) is 3.18. The fraction of sp³-hybridized carbons (Fsp3) is 0.435. The second-order valence-electron chi connectivity index (χ2n) is 7.07. The van der Waals surface area contributed by atoms with Gasteiger partial charge < -0.3 is 15.0 Å². The second kappa shape index (κ2) is 10.7. The lowest BCUT2D eigenvalue weighted by atomic mass is 10.1. The molecule has 1 aliphatic rings. The van der Waals surface area contributed by atoms with Crippen molar-refractivity contribution in [2.45, 2.75) is 26.4 Å². The highest BCUT2D eigenvalue weighted by Gasteiger charge is 2.24. The summed E-state index contributed by atoms with van der Waals surface area (Å²) in [6, 6.07) is 21.0. The molecule has 4 heteroatoms. The first-order chi connectivity index (χ1) is 13.3. The summed E-state index contributed by atoms with van der Waals surface area (Å²) in [5.74, 6) is 1.62. The van der Waals surface area contributed by atoms with Crippen LogP contribution in [0.5, 0.6) is 0 Å². The van der Waals surface area contributed by atoms with E-state index >= 15 is 0 Å². The number of nitrogens with zero attached hydrogens (tertiary/aromatic N) is 2. The Morgan fingerprint density at radius 1 is 1.07 bits per heavy atom. The number of guanidine groups is 1. The van der Waals surface area contributed by atoms with Crippen LogP contribution in [0.4, 0.5) is 0 Å². The van der Waals surface area contributed by atoms with Gasteiger partial charge >= 0.3 is 0 Å². The molecule has 1 unspecified atom stereocenters. The van der Waals surface area contributed by atoms with E-state index in [0.717, 1.165) is 51.6 Å². The topological polar surface area (TPSA) is 36.9 Å². The van der Waals surface area contributed by atoms with Crippen molar-refractivity contribution in [3.63, 3.8) is 0 Å². The predicted molar refractivity (Wildman–Crippen MR) is 112 cm³/mol. The maximum absolute atomic E-state index is 5.94. The van der Waals surface area contributed by atoms with Gasteiger partial charge in [-0.25, -0.2) is 0 Å². The fourth-order valence-corrected chi connectivity index (χ4v) is 3.44. The zero-order chi connectivity index (χ0) is 18.7. The van der Waals surface area contributed by atoms with Gasteiger partial charge in [-0.2, -0.15) is 0 Å². The molecule has 0 bridgehead atoms. The average molecular weight is 366 g/mol. The molecule has 27 heavy (non-hydrogen) atoms. The molecule has 0 aliphatic carbocycles. The van der Waals surface area contributed by atoms with Crippen LogP contribution in [0.15, 0.2) is 65.7 Å². The summed E-state index contributed by atoms with van der Waals surface area (Å²) >= 11 is 0. The maximum Gasteiger partial charge on any atom is 0.193 e. The molecule has 1 heterocycles. The van der Waals surface area contributed by atoms with Crippen LogP contribution < -0.4 is 5.32 Å². The Hall–Kier alpha value is -2.33. The molecule has 0 spiro atoms. The highest BCUT2D eigenvalue weighted by Crippen LogP contribution is 2.17. The Morgan fingerprint density at radius 3 is 2.48 bits per heavy atom. The third-order valence-corrected chi connectivity index (χ3v) is 4.89. The predicted octanol–water partition coefficient (Wildman–Crippen LogP) is 3.73. The molecule has 1 fully saturated rings. The molecular formula is C23H31N3O. The Labute approximate surface area is 163 Å². The van der Waals surface area contributed by atoms with Crippen molar-refractivity contribution >= 4 is 5.96 Å². The number of hydrogen-bond donors (Lipinski definition) is 1. The summed E-state index contributed by atoms with van der Waals surface area (Å²) in [7, 11) is 0. The first-order valence-corrected chi connectivity index (χ1v) is 10.0. The number of benzene rings is 2. The monoisotopic (exact) mass is 365 g/mol. The SMILES string of the molecule is CCNC(=NCCc1ccccc1)N1CCC(COCc2ccccc2)C1. The second-order valence-corrected chi connectivity index (χ2v) is 7.07. The van der Waals surface area contributed by atoms with E-state index in [1.165, 1.54) is 11.1 Å². The highest BCUT2D eigenvalue weighted by molar-refractivity contribution is 5.80. The standard InChI is InChI=1S/C23H31N3O/c1-2-24-23(25-15-13-20-9-5-3-6-10-20)26-16-14-22(17-26)19-27-18-21-11-7-4-8-12-21/h3-12,22H,2,13-19H2,1H3,(H,24,25). The first kappa shape index (κ1) is 19.4. The van der Waals surface area contributed by atoms with E-state index < -0.39 is 0 Å². The van der Waals surface area contributed by atoms with Gasteiger partial charge in [-0.3, -0.25) is 4.99 Å². The van der Waals surface area contributed by atoms with Gasteiger partial charge in [0.05, 0.1) is 13.2 Å². The quantitative estimate of drug-likeness (QED) is 0.572. The Balaban J connectivity index is 1.44. The van der Waals surface area contributed by atoms with Crippen LogP contribution in [0.1, 0.15) is 24.5 Å². The lowest BCUT2D eigenvalue weighted by Crippen LogP contribution is -2.40. The van der Waals surface area contributed by atoms with E-state index in [-0.39, 0.29) is 0 Å². The van der Waals surface area contributed by atoms with Gasteiger partial charge in [-0.1, -0.05) is 60.7 Å². The van der Waals surface area contributed by atoms with Gasteiger partial charge in [0.25, 0.3) is 0 Å². The number of aliphatic imine (C=N–C) groups is 1. The van der Waals surface area contributed by atoms with Crippen molar-refractivity contribution in [2.24, 2.45) is 10.9 Å². The maximum atomic E-state index is 5.94. The van der Waals surface area contributed by atoms with Crippen molar-refractivity contribution in [3.05, 3.63) is 71.8 Å². The Bertz CT molecular complexity index is 687. The lowest BCUT2D eigenvalue weighted by Gasteiger charge is -2.21. The molecule has 0 saturated carbocycles. The minimum Gasteiger partial charge on any atom is -0.376 e. The number of hydrogen-bond acceptors (Lipinski definition) is 2. The molecule has 1 aliphatic heterocycles. The summed E-state index contributed by atoms with van der Waals surface area (Å²) in [6.45, 7) is 7.43. The minimum absolute atomic E-state index is 0.576. The van der Waals surface area contributed by atoms with E-state index in [2.05, 4.69) is 71.7 Å². The van der Waals surface area contributed by atoms with Crippen molar-refractivity contribution in [1.29, 1.82) is 0 Å². The zero-order valence-corrected chi connectivity index (χ0v) is 16.3. The molecule has 4 nitrogen and oxygen atoms in total. The lowest BCUT2D eigenvalue weighted by molar-refractivity contribution is 0.0907. The van der Waals surface area contributed by atoms with Crippen molar-refractivity contribution in [3.8, 4) is 0 Å². The Morgan fingerprint density at radius 2 is 1.78 bits per heavy atom. The van der Waals surface area contributed by atoms with E-state index in [1.54, 1.807) is 0 Å². The van der Waals surface area contributed by atoms with Gasteiger partial charge in [-0.05, 0) is 30.9 Å². The molecule has 2 aromatic carbocycles. The highest BCUT2D eigenvalue weighted by atomic mass is 16.5. The van der Waals surface area contributed by atoms with E-state index in [1.807, 2.05) is 6.07 Å². The molecular weight excluding hydrogens is 334 g/mol. The molecule has 0 amide bonds. The van der Waals surface area contributed by atoms with Gasteiger partial charge in [0.2, 0.25) is 0 Å². The first-order valence-electron chi connectivity index (χ1n) is 10.0. The summed E-state index contributed by atoms with van der Waals surface area (Å²) in [4.78, 5) is 7.22. The molecule has 0 aromatic heterocycles. The molecule has 1 N–H and O–H groups in total. The Kier molecular flexibility index (Phi) is 7.72. The molecule has 3 rings (SSSR count). The van der Waals surface area contributed by atoms with Crippen molar-refractivity contribution < 1.29 is 4.74 Å². The number of nitrogens with one attached hydrogen (secondary N) is 1. The largest absolute Gasteiger partial charge is 0.376 e. The van der Waals surface area contributed by atoms with Crippen LogP contribution in [0, 0.1) is 5.92 Å². The van der Waals surface area contributed by atoms with Crippen molar-refractivity contribution in [1.82, 2.24) is 10.2 Å². The molecule has 0 radical (unpaired) electrons. The normalized spacial score (nSPS) is 17.3. The van der Waals surface area contributed by atoms with Gasteiger partial charge in [0.1, 0.15) is 0 Å². The molecule has 2 aromatic rings. The van der Waals surface area contributed by atoms with Gasteiger partial charge in [0.15, 0.2) is 5.96 Å². The van der Waals surface area contributed by atoms with Crippen LogP contribution in [0.2, 0.25) is 0 Å².